The van der Waals surface area contributed by atoms with Gasteiger partial charge in [0.05, 0.1) is 4.88 Å². The maximum atomic E-state index is 12.4. The van der Waals surface area contributed by atoms with E-state index in [-0.39, 0.29) is 16.0 Å². The topological polar surface area (TPSA) is 54.9 Å². The van der Waals surface area contributed by atoms with Gasteiger partial charge in [0.15, 0.2) is 5.01 Å². The van der Waals surface area contributed by atoms with E-state index in [1.165, 1.54) is 28.2 Å². The highest BCUT2D eigenvalue weighted by atomic mass is 32.1. The van der Waals surface area contributed by atoms with Crippen molar-refractivity contribution < 1.29 is 13.6 Å². The van der Waals surface area contributed by atoms with Gasteiger partial charge < -0.3 is 0 Å². The molecule has 1 aliphatic carbocycles. The Kier molecular flexibility index (Phi) is 4.25. The van der Waals surface area contributed by atoms with Gasteiger partial charge in [-0.3, -0.25) is 10.1 Å². The fourth-order valence-electron chi connectivity index (χ4n) is 2.31. The van der Waals surface area contributed by atoms with Crippen LogP contribution in [0.4, 0.5) is 13.9 Å². The molecule has 0 saturated heterocycles. The number of halogens is 2. The first-order chi connectivity index (χ1) is 10.1. The minimum absolute atomic E-state index is 0.110. The Morgan fingerprint density at radius 1 is 1.19 bits per heavy atom. The molecule has 4 nitrogen and oxygen atoms in total. The molecule has 0 spiro atoms. The highest BCUT2D eigenvalue weighted by Gasteiger charge is 2.19. The Morgan fingerprint density at radius 2 is 2.00 bits per heavy atom. The summed E-state index contributed by atoms with van der Waals surface area (Å²) in [6, 6.07) is 1.91. The van der Waals surface area contributed by atoms with Gasteiger partial charge in [0.25, 0.3) is 12.3 Å². The van der Waals surface area contributed by atoms with Gasteiger partial charge in [0.1, 0.15) is 0 Å². The van der Waals surface area contributed by atoms with E-state index in [4.69, 9.17) is 0 Å². The number of hydrogen-bond donors (Lipinski definition) is 1. The Bertz CT molecular complexity index is 630. The van der Waals surface area contributed by atoms with E-state index in [9.17, 15) is 13.6 Å². The van der Waals surface area contributed by atoms with Gasteiger partial charge in [-0.25, -0.2) is 8.78 Å². The first kappa shape index (κ1) is 14.5. The van der Waals surface area contributed by atoms with Crippen LogP contribution in [0.3, 0.4) is 0 Å². The summed E-state index contributed by atoms with van der Waals surface area (Å²) in [7, 11) is 0. The number of amides is 1. The van der Waals surface area contributed by atoms with Crippen molar-refractivity contribution in [1.82, 2.24) is 10.2 Å². The van der Waals surface area contributed by atoms with E-state index in [2.05, 4.69) is 15.5 Å². The Morgan fingerprint density at radius 3 is 2.76 bits per heavy atom. The molecule has 112 valence electrons. The lowest BCUT2D eigenvalue weighted by molar-refractivity contribution is 0.103. The number of aromatic nitrogens is 2. The lowest BCUT2D eigenvalue weighted by Gasteiger charge is -1.97. The molecule has 3 rings (SSSR count). The highest BCUT2D eigenvalue weighted by molar-refractivity contribution is 7.16. The van der Waals surface area contributed by atoms with Gasteiger partial charge in [-0.15, -0.1) is 21.5 Å². The average molecular weight is 329 g/mol. The maximum absolute atomic E-state index is 12.4. The molecule has 0 unspecified atom stereocenters. The summed E-state index contributed by atoms with van der Waals surface area (Å²) < 4.78 is 24.9. The van der Waals surface area contributed by atoms with Crippen molar-refractivity contribution in [3.8, 4) is 0 Å². The predicted octanol–water partition coefficient (Wildman–Crippen LogP) is 4.06. The summed E-state index contributed by atoms with van der Waals surface area (Å²) in [5, 5.41) is 9.18. The first-order valence-corrected chi connectivity index (χ1v) is 8.31. The lowest BCUT2D eigenvalue weighted by atomic mass is 10.1. The van der Waals surface area contributed by atoms with E-state index in [1.807, 2.05) is 6.07 Å². The molecule has 0 fully saturated rings. The van der Waals surface area contributed by atoms with Gasteiger partial charge >= 0.3 is 0 Å². The van der Waals surface area contributed by atoms with Crippen molar-refractivity contribution in [2.45, 2.75) is 38.5 Å². The Balaban J connectivity index is 1.73. The number of nitrogens with one attached hydrogen (secondary N) is 1. The molecule has 1 N–H and O–H groups in total. The SMILES string of the molecule is O=C(Nc1nnc(C(F)F)s1)c1cc2c(s1)CCCCC2. The Labute approximate surface area is 128 Å². The van der Waals surface area contributed by atoms with Gasteiger partial charge in [0.2, 0.25) is 5.13 Å². The number of carbonyl (C=O) groups is 1. The normalized spacial score (nSPS) is 14.8. The van der Waals surface area contributed by atoms with Crippen LogP contribution in [0.15, 0.2) is 6.07 Å². The first-order valence-electron chi connectivity index (χ1n) is 6.68. The van der Waals surface area contributed by atoms with Crippen LogP contribution < -0.4 is 5.32 Å². The van der Waals surface area contributed by atoms with Gasteiger partial charge in [0, 0.05) is 4.88 Å². The summed E-state index contributed by atoms with van der Waals surface area (Å²) in [6.45, 7) is 0. The minimum atomic E-state index is -2.66. The van der Waals surface area contributed by atoms with E-state index < -0.39 is 6.43 Å². The van der Waals surface area contributed by atoms with E-state index >= 15 is 0 Å². The van der Waals surface area contributed by atoms with Crippen LogP contribution in [0.5, 0.6) is 0 Å². The third kappa shape index (κ3) is 3.26. The van der Waals surface area contributed by atoms with E-state index in [1.54, 1.807) is 0 Å². The standard InChI is InChI=1S/C13H13F2N3OS2/c14-10(15)12-17-18-13(21-12)16-11(19)9-6-7-4-2-1-3-5-8(7)20-9/h6,10H,1-5H2,(H,16,18,19). The van der Waals surface area contributed by atoms with Crippen molar-refractivity contribution in [2.75, 3.05) is 5.32 Å². The molecule has 21 heavy (non-hydrogen) atoms. The van der Waals surface area contributed by atoms with Crippen LogP contribution in [0.1, 0.15) is 50.8 Å². The number of rotatable bonds is 3. The predicted molar refractivity (Wildman–Crippen MR) is 78.4 cm³/mol. The van der Waals surface area contributed by atoms with E-state index in [0.29, 0.717) is 16.2 Å². The molecule has 0 bridgehead atoms. The van der Waals surface area contributed by atoms with Gasteiger partial charge in [-0.05, 0) is 37.3 Å². The molecule has 0 aliphatic heterocycles. The van der Waals surface area contributed by atoms with Crippen LogP contribution in [-0.4, -0.2) is 16.1 Å². The lowest BCUT2D eigenvalue weighted by Crippen LogP contribution is -2.09. The van der Waals surface area contributed by atoms with Crippen LogP contribution >= 0.6 is 22.7 Å². The monoisotopic (exact) mass is 329 g/mol. The average Bonchev–Trinajstić information content (AvgIpc) is 3.01. The number of carbonyl (C=O) groups excluding carboxylic acids is 1. The smallest absolute Gasteiger partial charge is 0.291 e. The van der Waals surface area contributed by atoms with Crippen molar-refractivity contribution in [3.05, 3.63) is 26.4 Å². The molecule has 0 aromatic carbocycles. The number of aryl methyl sites for hydroxylation is 2. The molecule has 0 saturated carbocycles. The third-order valence-electron chi connectivity index (χ3n) is 3.32. The second-order valence-electron chi connectivity index (χ2n) is 4.82. The molecular formula is C13H13F2N3OS2. The van der Waals surface area contributed by atoms with Gasteiger partial charge in [-0.1, -0.05) is 17.8 Å². The molecule has 2 aromatic rings. The number of hydrogen-bond acceptors (Lipinski definition) is 5. The number of fused-ring (bicyclic) bond motifs is 1. The molecular weight excluding hydrogens is 316 g/mol. The summed E-state index contributed by atoms with van der Waals surface area (Å²) in [5.41, 5.74) is 1.24. The number of thiophene rings is 1. The molecule has 1 amide bonds. The second kappa shape index (κ2) is 6.15. The Hall–Kier alpha value is -1.41. The second-order valence-corrected chi connectivity index (χ2v) is 6.97. The van der Waals surface area contributed by atoms with E-state index in [0.717, 1.165) is 25.7 Å². The molecule has 1 aliphatic rings. The molecule has 2 heterocycles. The fraction of sp³-hybridized carbons (Fsp3) is 0.462. The number of anilines is 1. The summed E-state index contributed by atoms with van der Waals surface area (Å²) in [4.78, 5) is 14.0. The van der Waals surface area contributed by atoms with Gasteiger partial charge in [-0.2, -0.15) is 0 Å². The van der Waals surface area contributed by atoms with Crippen molar-refractivity contribution in [2.24, 2.45) is 0 Å². The maximum Gasteiger partial charge on any atom is 0.291 e. The molecule has 2 aromatic heterocycles. The van der Waals surface area contributed by atoms with Crippen molar-refractivity contribution >= 4 is 33.7 Å². The zero-order valence-corrected chi connectivity index (χ0v) is 12.7. The molecule has 0 atom stereocenters. The zero-order chi connectivity index (χ0) is 14.8. The third-order valence-corrected chi connectivity index (χ3v) is 5.40. The van der Waals surface area contributed by atoms with Crippen LogP contribution in [0.2, 0.25) is 0 Å². The largest absolute Gasteiger partial charge is 0.296 e. The molecule has 0 radical (unpaired) electrons. The van der Waals surface area contributed by atoms with Crippen molar-refractivity contribution in [3.63, 3.8) is 0 Å². The summed E-state index contributed by atoms with van der Waals surface area (Å²) in [5.74, 6) is -0.301. The quantitative estimate of drug-likeness (QED) is 0.864. The number of alkyl halides is 2. The van der Waals surface area contributed by atoms with Crippen LogP contribution in [0, 0.1) is 0 Å². The number of nitrogens with zero attached hydrogens (tertiary/aromatic N) is 2. The summed E-state index contributed by atoms with van der Waals surface area (Å²) >= 11 is 2.19. The summed E-state index contributed by atoms with van der Waals surface area (Å²) in [6.07, 6.45) is 2.90. The molecule has 8 heteroatoms. The van der Waals surface area contributed by atoms with Crippen LogP contribution in [0.25, 0.3) is 0 Å². The van der Waals surface area contributed by atoms with Crippen molar-refractivity contribution in [1.29, 1.82) is 0 Å². The van der Waals surface area contributed by atoms with Crippen LogP contribution in [-0.2, 0) is 12.8 Å². The zero-order valence-electron chi connectivity index (χ0n) is 11.1. The fourth-order valence-corrected chi connectivity index (χ4v) is 4.05. The minimum Gasteiger partial charge on any atom is -0.296 e. The highest BCUT2D eigenvalue weighted by Crippen LogP contribution is 2.30.